The standard InChI is InChI=1S/C11H22N4O2/c1-15(2)11(17)14-6-5-13-10(16)7-9-3-4-12-8-9/h9,12H,3-8H2,1-2H3,(H,13,16)(H,14,17). The molecule has 1 saturated heterocycles. The molecule has 1 fully saturated rings. The van der Waals surface area contributed by atoms with Gasteiger partial charge in [-0.2, -0.15) is 0 Å². The molecule has 6 nitrogen and oxygen atoms in total. The quantitative estimate of drug-likeness (QED) is 0.562. The van der Waals surface area contributed by atoms with Crippen LogP contribution in [-0.4, -0.2) is 57.1 Å². The van der Waals surface area contributed by atoms with Crippen LogP contribution >= 0.6 is 0 Å². The summed E-state index contributed by atoms with van der Waals surface area (Å²) >= 11 is 0. The molecule has 0 spiro atoms. The first-order valence-corrected chi connectivity index (χ1v) is 6.02. The van der Waals surface area contributed by atoms with Crippen LogP contribution in [0.3, 0.4) is 0 Å². The minimum atomic E-state index is -0.140. The van der Waals surface area contributed by atoms with E-state index in [4.69, 9.17) is 0 Å². The Morgan fingerprint density at radius 3 is 2.59 bits per heavy atom. The second-order valence-electron chi connectivity index (χ2n) is 4.54. The fourth-order valence-electron chi connectivity index (χ4n) is 1.75. The summed E-state index contributed by atoms with van der Waals surface area (Å²) in [7, 11) is 3.36. The van der Waals surface area contributed by atoms with Crippen LogP contribution in [0.1, 0.15) is 12.8 Å². The zero-order chi connectivity index (χ0) is 12.7. The van der Waals surface area contributed by atoms with Crippen LogP contribution in [0.15, 0.2) is 0 Å². The lowest BCUT2D eigenvalue weighted by Gasteiger charge is -2.13. The minimum Gasteiger partial charge on any atom is -0.354 e. The predicted molar refractivity (Wildman–Crippen MR) is 65.7 cm³/mol. The van der Waals surface area contributed by atoms with Crippen LogP contribution in [0.2, 0.25) is 0 Å². The molecular weight excluding hydrogens is 220 g/mol. The van der Waals surface area contributed by atoms with Crippen molar-refractivity contribution in [1.29, 1.82) is 0 Å². The monoisotopic (exact) mass is 242 g/mol. The summed E-state index contributed by atoms with van der Waals surface area (Å²) in [6.45, 7) is 2.89. The Morgan fingerprint density at radius 2 is 2.00 bits per heavy atom. The second kappa shape index (κ2) is 7.11. The van der Waals surface area contributed by atoms with Crippen LogP contribution in [-0.2, 0) is 4.79 Å². The molecule has 17 heavy (non-hydrogen) atoms. The van der Waals surface area contributed by atoms with E-state index in [0.717, 1.165) is 19.5 Å². The van der Waals surface area contributed by atoms with Crippen molar-refractivity contribution in [1.82, 2.24) is 20.9 Å². The number of hydrogen-bond donors (Lipinski definition) is 3. The molecule has 1 aliphatic heterocycles. The third-order valence-electron chi connectivity index (χ3n) is 2.77. The summed E-state index contributed by atoms with van der Waals surface area (Å²) in [5.41, 5.74) is 0. The summed E-state index contributed by atoms with van der Waals surface area (Å²) in [6.07, 6.45) is 1.65. The lowest BCUT2D eigenvalue weighted by Crippen LogP contribution is -2.39. The number of nitrogens with one attached hydrogen (secondary N) is 3. The van der Waals surface area contributed by atoms with E-state index in [9.17, 15) is 9.59 Å². The van der Waals surface area contributed by atoms with E-state index in [1.807, 2.05) is 0 Å². The first kappa shape index (κ1) is 13.8. The largest absolute Gasteiger partial charge is 0.354 e. The van der Waals surface area contributed by atoms with Crippen LogP contribution in [0.4, 0.5) is 4.79 Å². The summed E-state index contributed by atoms with van der Waals surface area (Å²) in [6, 6.07) is -0.140. The normalized spacial score (nSPS) is 18.8. The van der Waals surface area contributed by atoms with Crippen LogP contribution in [0.5, 0.6) is 0 Å². The molecule has 0 aromatic carbocycles. The molecule has 1 aliphatic rings. The molecule has 0 bridgehead atoms. The molecule has 1 atom stereocenters. The van der Waals surface area contributed by atoms with E-state index in [1.165, 1.54) is 4.90 Å². The Bertz CT molecular complexity index is 262. The van der Waals surface area contributed by atoms with E-state index in [2.05, 4.69) is 16.0 Å². The van der Waals surface area contributed by atoms with Gasteiger partial charge in [0.15, 0.2) is 0 Å². The number of amides is 3. The fraction of sp³-hybridized carbons (Fsp3) is 0.818. The molecule has 0 aliphatic carbocycles. The van der Waals surface area contributed by atoms with Gasteiger partial charge in [-0.25, -0.2) is 4.79 Å². The van der Waals surface area contributed by atoms with Gasteiger partial charge in [-0.15, -0.1) is 0 Å². The van der Waals surface area contributed by atoms with Crippen molar-refractivity contribution in [3.05, 3.63) is 0 Å². The molecule has 0 aromatic rings. The van der Waals surface area contributed by atoms with Crippen molar-refractivity contribution in [2.45, 2.75) is 12.8 Å². The number of urea groups is 1. The van der Waals surface area contributed by atoms with Gasteiger partial charge in [0.05, 0.1) is 0 Å². The summed E-state index contributed by atoms with van der Waals surface area (Å²) in [5, 5.41) is 8.72. The molecular formula is C11H22N4O2. The Hall–Kier alpha value is -1.30. The highest BCUT2D eigenvalue weighted by atomic mass is 16.2. The van der Waals surface area contributed by atoms with Crippen molar-refractivity contribution in [2.75, 3.05) is 40.3 Å². The lowest BCUT2D eigenvalue weighted by atomic mass is 10.0. The molecule has 3 N–H and O–H groups in total. The first-order chi connectivity index (χ1) is 8.09. The van der Waals surface area contributed by atoms with Crippen molar-refractivity contribution >= 4 is 11.9 Å². The Balaban J connectivity index is 2.02. The van der Waals surface area contributed by atoms with Crippen molar-refractivity contribution < 1.29 is 9.59 Å². The van der Waals surface area contributed by atoms with E-state index in [1.54, 1.807) is 14.1 Å². The molecule has 98 valence electrons. The van der Waals surface area contributed by atoms with E-state index in [-0.39, 0.29) is 11.9 Å². The summed E-state index contributed by atoms with van der Waals surface area (Å²) < 4.78 is 0. The van der Waals surface area contributed by atoms with E-state index < -0.39 is 0 Å². The van der Waals surface area contributed by atoms with Gasteiger partial charge in [-0.1, -0.05) is 0 Å². The number of nitrogens with zero attached hydrogens (tertiary/aromatic N) is 1. The maximum atomic E-state index is 11.5. The second-order valence-corrected chi connectivity index (χ2v) is 4.54. The first-order valence-electron chi connectivity index (χ1n) is 6.02. The number of carbonyl (C=O) groups excluding carboxylic acids is 2. The van der Waals surface area contributed by atoms with Gasteiger partial charge in [-0.05, 0) is 25.4 Å². The van der Waals surface area contributed by atoms with Crippen molar-refractivity contribution in [3.8, 4) is 0 Å². The lowest BCUT2D eigenvalue weighted by molar-refractivity contribution is -0.121. The van der Waals surface area contributed by atoms with Crippen LogP contribution in [0, 0.1) is 5.92 Å². The summed E-state index contributed by atoms with van der Waals surface area (Å²) in [4.78, 5) is 24.1. The summed E-state index contributed by atoms with van der Waals surface area (Å²) in [5.74, 6) is 0.532. The van der Waals surface area contributed by atoms with Gasteiger partial charge in [0.2, 0.25) is 5.91 Å². The zero-order valence-corrected chi connectivity index (χ0v) is 10.6. The maximum Gasteiger partial charge on any atom is 0.316 e. The van der Waals surface area contributed by atoms with Crippen LogP contribution in [0.25, 0.3) is 0 Å². The predicted octanol–water partition coefficient (Wildman–Crippen LogP) is -0.627. The van der Waals surface area contributed by atoms with Gasteiger partial charge >= 0.3 is 6.03 Å². The average Bonchev–Trinajstić information content (AvgIpc) is 2.76. The molecule has 0 saturated carbocycles. The van der Waals surface area contributed by atoms with Crippen LogP contribution < -0.4 is 16.0 Å². The molecule has 0 radical (unpaired) electrons. The Morgan fingerprint density at radius 1 is 1.29 bits per heavy atom. The molecule has 0 aromatic heterocycles. The zero-order valence-electron chi connectivity index (χ0n) is 10.6. The van der Waals surface area contributed by atoms with Gasteiger partial charge in [0.1, 0.15) is 0 Å². The van der Waals surface area contributed by atoms with Gasteiger partial charge in [-0.3, -0.25) is 4.79 Å². The Labute approximate surface area is 102 Å². The molecule has 3 amide bonds. The van der Waals surface area contributed by atoms with Gasteiger partial charge in [0, 0.05) is 33.6 Å². The number of hydrogen-bond acceptors (Lipinski definition) is 3. The van der Waals surface area contributed by atoms with Crippen molar-refractivity contribution in [3.63, 3.8) is 0 Å². The van der Waals surface area contributed by atoms with E-state index >= 15 is 0 Å². The average molecular weight is 242 g/mol. The highest BCUT2D eigenvalue weighted by molar-refractivity contribution is 5.76. The molecule has 1 rings (SSSR count). The fourth-order valence-corrected chi connectivity index (χ4v) is 1.75. The minimum absolute atomic E-state index is 0.0674. The van der Waals surface area contributed by atoms with Gasteiger partial charge < -0.3 is 20.9 Å². The number of carbonyl (C=O) groups is 2. The molecule has 1 unspecified atom stereocenters. The molecule has 6 heteroatoms. The third-order valence-corrected chi connectivity index (χ3v) is 2.77. The van der Waals surface area contributed by atoms with Gasteiger partial charge in [0.25, 0.3) is 0 Å². The van der Waals surface area contributed by atoms with E-state index in [0.29, 0.717) is 25.4 Å². The highest BCUT2D eigenvalue weighted by Gasteiger charge is 2.17. The smallest absolute Gasteiger partial charge is 0.316 e. The Kier molecular flexibility index (Phi) is 5.76. The van der Waals surface area contributed by atoms with Crippen molar-refractivity contribution in [2.24, 2.45) is 5.92 Å². The number of rotatable bonds is 5. The third kappa shape index (κ3) is 5.53. The SMILES string of the molecule is CN(C)C(=O)NCCNC(=O)CC1CCNC1. The maximum absolute atomic E-state index is 11.5. The highest BCUT2D eigenvalue weighted by Crippen LogP contribution is 2.11. The topological polar surface area (TPSA) is 73.5 Å². The molecule has 1 heterocycles.